The second kappa shape index (κ2) is 8.41. The van der Waals surface area contributed by atoms with E-state index in [1.165, 1.54) is 12.1 Å². The van der Waals surface area contributed by atoms with Crippen molar-refractivity contribution in [2.75, 3.05) is 36.0 Å². The Kier molecular flexibility index (Phi) is 5.43. The summed E-state index contributed by atoms with van der Waals surface area (Å²) in [6.07, 6.45) is 1.65. The van der Waals surface area contributed by atoms with E-state index in [2.05, 4.69) is 16.3 Å². The minimum atomic E-state index is -3.88. The molecule has 1 amide bonds. The summed E-state index contributed by atoms with van der Waals surface area (Å²) in [6.45, 7) is 4.82. The number of carbonyl (C=O) groups excluding carboxylic acids is 1. The molecule has 0 atom stereocenters. The molecule has 2 aliphatic rings. The number of sulfonamides is 1. The van der Waals surface area contributed by atoms with E-state index in [1.807, 2.05) is 6.07 Å². The first-order valence-corrected chi connectivity index (χ1v) is 12.4. The molecule has 1 aromatic heterocycles. The van der Waals surface area contributed by atoms with Gasteiger partial charge in [0.2, 0.25) is 0 Å². The van der Waals surface area contributed by atoms with Crippen molar-refractivity contribution in [3.63, 3.8) is 0 Å². The molecule has 0 unspecified atom stereocenters. The van der Waals surface area contributed by atoms with Gasteiger partial charge in [-0.3, -0.25) is 9.52 Å². The maximum atomic E-state index is 12.9. The first-order chi connectivity index (χ1) is 15.9. The van der Waals surface area contributed by atoms with Gasteiger partial charge in [0.1, 0.15) is 19.0 Å². The summed E-state index contributed by atoms with van der Waals surface area (Å²) in [4.78, 5) is 18.3. The van der Waals surface area contributed by atoms with Gasteiger partial charge >= 0.3 is 0 Å². The first kappa shape index (κ1) is 21.3. The zero-order chi connectivity index (χ0) is 23.0. The van der Waals surface area contributed by atoms with Gasteiger partial charge in [0.05, 0.1) is 16.3 Å². The molecule has 1 N–H and O–H groups in total. The highest BCUT2D eigenvalue weighted by Crippen LogP contribution is 2.37. The Bertz CT molecular complexity index is 1350. The van der Waals surface area contributed by atoms with Crippen molar-refractivity contribution in [2.24, 2.45) is 0 Å². The number of benzene rings is 2. The number of aromatic nitrogens is 1. The summed E-state index contributed by atoms with van der Waals surface area (Å²) in [5.74, 6) is 1.33. The summed E-state index contributed by atoms with van der Waals surface area (Å²) < 4.78 is 44.7. The van der Waals surface area contributed by atoms with Crippen LogP contribution < -0.4 is 23.8 Å². The van der Waals surface area contributed by atoms with Gasteiger partial charge in [-0.2, -0.15) is 0 Å². The highest BCUT2D eigenvalue weighted by atomic mass is 32.2. The van der Waals surface area contributed by atoms with E-state index in [0.717, 1.165) is 16.9 Å². The molecule has 0 aliphatic carbocycles. The standard InChI is InChI=1S/C22H19N3O6S2/c1-2-7-25-17-10-14(3-5-18(17)31-12-21(25)26)16-13-32-22(23-16)24-33(27,28)15-4-6-19-20(11-15)30-9-8-29-19/h2-6,10-11,13H,1,7-9,12H2,(H,23,24). The molecule has 33 heavy (non-hydrogen) atoms. The molecule has 0 bridgehead atoms. The topological polar surface area (TPSA) is 107 Å². The average molecular weight is 486 g/mol. The van der Waals surface area contributed by atoms with E-state index in [4.69, 9.17) is 14.2 Å². The van der Waals surface area contributed by atoms with Gasteiger partial charge in [-0.15, -0.1) is 17.9 Å². The average Bonchev–Trinajstić information content (AvgIpc) is 3.28. The van der Waals surface area contributed by atoms with E-state index in [0.29, 0.717) is 48.4 Å². The molecule has 9 nitrogen and oxygen atoms in total. The van der Waals surface area contributed by atoms with Gasteiger partial charge in [0, 0.05) is 23.6 Å². The maximum absolute atomic E-state index is 12.9. The van der Waals surface area contributed by atoms with Crippen molar-refractivity contribution >= 4 is 38.1 Å². The number of ether oxygens (including phenoxy) is 3. The summed E-state index contributed by atoms with van der Waals surface area (Å²) >= 11 is 1.16. The number of hydrogen-bond donors (Lipinski definition) is 1. The molecule has 2 aliphatic heterocycles. The Morgan fingerprint density at radius 2 is 1.88 bits per heavy atom. The number of anilines is 2. The maximum Gasteiger partial charge on any atom is 0.265 e. The third-order valence-electron chi connectivity index (χ3n) is 5.06. The number of thiazole rings is 1. The number of rotatable bonds is 6. The SMILES string of the molecule is C=CCN1C(=O)COc2ccc(-c3csc(NS(=O)(=O)c4ccc5c(c4)OCCO5)n3)cc21. The van der Waals surface area contributed by atoms with Gasteiger partial charge in [0.15, 0.2) is 23.2 Å². The lowest BCUT2D eigenvalue weighted by Crippen LogP contribution is -2.38. The zero-order valence-corrected chi connectivity index (χ0v) is 18.9. The quantitative estimate of drug-likeness (QED) is 0.534. The van der Waals surface area contributed by atoms with Crippen molar-refractivity contribution in [1.82, 2.24) is 4.98 Å². The predicted molar refractivity (Wildman–Crippen MR) is 124 cm³/mol. The first-order valence-electron chi connectivity index (χ1n) is 10.0. The van der Waals surface area contributed by atoms with E-state index >= 15 is 0 Å². The Morgan fingerprint density at radius 3 is 2.70 bits per heavy atom. The molecule has 2 aromatic carbocycles. The van der Waals surface area contributed by atoms with Crippen LogP contribution in [0.2, 0.25) is 0 Å². The summed E-state index contributed by atoms with van der Waals surface area (Å²) in [6, 6.07) is 9.84. The largest absolute Gasteiger partial charge is 0.486 e. The Labute approximate surface area is 194 Å². The fraction of sp³-hybridized carbons (Fsp3) is 0.182. The van der Waals surface area contributed by atoms with Gasteiger partial charge in [-0.05, 0) is 30.3 Å². The Balaban J connectivity index is 1.40. The van der Waals surface area contributed by atoms with Crippen molar-refractivity contribution in [3.05, 3.63) is 54.4 Å². The van der Waals surface area contributed by atoms with Crippen LogP contribution >= 0.6 is 11.3 Å². The summed E-state index contributed by atoms with van der Waals surface area (Å²) in [5.41, 5.74) is 1.91. The van der Waals surface area contributed by atoms with Crippen molar-refractivity contribution in [1.29, 1.82) is 0 Å². The van der Waals surface area contributed by atoms with Crippen LogP contribution in [0.4, 0.5) is 10.8 Å². The van der Waals surface area contributed by atoms with Crippen LogP contribution in [0, 0.1) is 0 Å². The highest BCUT2D eigenvalue weighted by molar-refractivity contribution is 7.93. The van der Waals surface area contributed by atoms with E-state index < -0.39 is 10.0 Å². The predicted octanol–water partition coefficient (Wildman–Crippen LogP) is 3.29. The van der Waals surface area contributed by atoms with E-state index in [1.54, 1.807) is 34.6 Å². The van der Waals surface area contributed by atoms with Gasteiger partial charge in [-0.25, -0.2) is 13.4 Å². The lowest BCUT2D eigenvalue weighted by atomic mass is 10.1. The van der Waals surface area contributed by atoms with Crippen molar-refractivity contribution < 1.29 is 27.4 Å². The third kappa shape index (κ3) is 4.12. The smallest absolute Gasteiger partial charge is 0.265 e. The molecule has 170 valence electrons. The van der Waals surface area contributed by atoms with Crippen molar-refractivity contribution in [3.8, 4) is 28.5 Å². The van der Waals surface area contributed by atoms with Gasteiger partial charge < -0.3 is 19.1 Å². The zero-order valence-electron chi connectivity index (χ0n) is 17.3. The molecule has 11 heteroatoms. The number of nitrogens with zero attached hydrogens (tertiary/aromatic N) is 2. The van der Waals surface area contributed by atoms with Crippen LogP contribution in [0.25, 0.3) is 11.3 Å². The number of amides is 1. The van der Waals surface area contributed by atoms with Crippen LogP contribution in [0.15, 0.2) is 59.3 Å². The molecule has 5 rings (SSSR count). The highest BCUT2D eigenvalue weighted by Gasteiger charge is 2.26. The molecular weight excluding hydrogens is 466 g/mol. The molecule has 0 fully saturated rings. The minimum absolute atomic E-state index is 0.0251. The van der Waals surface area contributed by atoms with Gasteiger partial charge in [0.25, 0.3) is 15.9 Å². The lowest BCUT2D eigenvalue weighted by Gasteiger charge is -2.28. The van der Waals surface area contributed by atoms with E-state index in [-0.39, 0.29) is 22.5 Å². The van der Waals surface area contributed by atoms with E-state index in [9.17, 15) is 13.2 Å². The summed E-state index contributed by atoms with van der Waals surface area (Å²) in [7, 11) is -3.88. The lowest BCUT2D eigenvalue weighted by molar-refractivity contribution is -0.121. The number of fused-ring (bicyclic) bond motifs is 2. The molecule has 0 spiro atoms. The summed E-state index contributed by atoms with van der Waals surface area (Å²) in [5, 5.41) is 1.96. The monoisotopic (exact) mass is 485 g/mol. The molecule has 0 saturated heterocycles. The second-order valence-electron chi connectivity index (χ2n) is 7.21. The molecule has 0 radical (unpaired) electrons. The van der Waals surface area contributed by atoms with Crippen LogP contribution in [-0.4, -0.2) is 45.7 Å². The fourth-order valence-corrected chi connectivity index (χ4v) is 5.50. The molecular formula is C22H19N3O6S2. The fourth-order valence-electron chi connectivity index (χ4n) is 3.51. The normalized spacial score (nSPS) is 14.9. The molecule has 3 heterocycles. The third-order valence-corrected chi connectivity index (χ3v) is 7.28. The van der Waals surface area contributed by atoms with Crippen LogP contribution in [-0.2, 0) is 14.8 Å². The Morgan fingerprint density at radius 1 is 1.09 bits per heavy atom. The number of hydrogen-bond acceptors (Lipinski definition) is 8. The molecule has 0 saturated carbocycles. The van der Waals surface area contributed by atoms with Gasteiger partial charge in [-0.1, -0.05) is 6.08 Å². The minimum Gasteiger partial charge on any atom is -0.486 e. The molecule has 3 aromatic rings. The number of nitrogens with one attached hydrogen (secondary N) is 1. The Hall–Kier alpha value is -3.57. The van der Waals surface area contributed by atoms with Crippen LogP contribution in [0.5, 0.6) is 17.2 Å². The van der Waals surface area contributed by atoms with Crippen LogP contribution in [0.1, 0.15) is 0 Å². The number of carbonyl (C=O) groups is 1. The van der Waals surface area contributed by atoms with Crippen LogP contribution in [0.3, 0.4) is 0 Å². The second-order valence-corrected chi connectivity index (χ2v) is 9.75. The van der Waals surface area contributed by atoms with Crippen molar-refractivity contribution in [2.45, 2.75) is 4.90 Å².